The maximum Gasteiger partial charge on any atom is 0.257 e. The van der Waals surface area contributed by atoms with Gasteiger partial charge in [-0.05, 0) is 43.4 Å². The van der Waals surface area contributed by atoms with Crippen LogP contribution in [0.25, 0.3) is 10.9 Å². The fourth-order valence-corrected chi connectivity index (χ4v) is 3.09. The maximum atomic E-state index is 12.7. The number of nitrogens with one attached hydrogen (secondary N) is 2. The molecule has 0 aliphatic carbocycles. The molecule has 8 heteroatoms. The van der Waals surface area contributed by atoms with Crippen molar-refractivity contribution in [3.8, 4) is 17.2 Å². The molecule has 29 heavy (non-hydrogen) atoms. The van der Waals surface area contributed by atoms with Crippen molar-refractivity contribution < 1.29 is 19.0 Å². The predicted molar refractivity (Wildman–Crippen MR) is 116 cm³/mol. The van der Waals surface area contributed by atoms with Crippen molar-refractivity contribution in [2.45, 2.75) is 6.92 Å². The number of aromatic nitrogens is 1. The zero-order valence-electron chi connectivity index (χ0n) is 16.5. The quantitative estimate of drug-likeness (QED) is 0.620. The topological polar surface area (TPSA) is 81.7 Å². The van der Waals surface area contributed by atoms with E-state index in [4.69, 9.17) is 26.4 Å². The average Bonchev–Trinajstić information content (AvgIpc) is 2.72. The van der Waals surface area contributed by atoms with Gasteiger partial charge in [-0.2, -0.15) is 0 Å². The number of pyridine rings is 1. The minimum atomic E-state index is -0.411. The number of hydrogen-bond acceptors (Lipinski definition) is 6. The van der Waals surface area contributed by atoms with Gasteiger partial charge in [0.1, 0.15) is 0 Å². The van der Waals surface area contributed by atoms with Gasteiger partial charge in [0.25, 0.3) is 5.91 Å². The monoisotopic (exact) mass is 411 g/mol. The fourth-order valence-electron chi connectivity index (χ4n) is 2.89. The van der Waals surface area contributed by atoms with Crippen LogP contribution >= 0.6 is 12.2 Å². The van der Waals surface area contributed by atoms with E-state index < -0.39 is 5.91 Å². The molecule has 0 unspecified atom stereocenters. The number of para-hydroxylation sites is 1. The number of aryl methyl sites for hydroxylation is 1. The van der Waals surface area contributed by atoms with Crippen LogP contribution in [-0.2, 0) is 0 Å². The lowest BCUT2D eigenvalue weighted by molar-refractivity contribution is 0.0977. The van der Waals surface area contributed by atoms with Crippen LogP contribution in [0.5, 0.6) is 17.2 Å². The van der Waals surface area contributed by atoms with Crippen LogP contribution in [0.15, 0.2) is 42.5 Å². The lowest BCUT2D eigenvalue weighted by Gasteiger charge is -2.15. The number of methoxy groups -OCH3 is 3. The molecule has 2 aromatic carbocycles. The number of ether oxygens (including phenoxy) is 3. The van der Waals surface area contributed by atoms with Crippen LogP contribution in [0.2, 0.25) is 0 Å². The lowest BCUT2D eigenvalue weighted by Crippen LogP contribution is -2.34. The Bertz CT molecular complexity index is 1060. The summed E-state index contributed by atoms with van der Waals surface area (Å²) in [4.78, 5) is 17.2. The number of anilines is 1. The molecule has 0 fully saturated rings. The summed E-state index contributed by atoms with van der Waals surface area (Å²) >= 11 is 5.32. The molecule has 0 spiro atoms. The van der Waals surface area contributed by atoms with E-state index in [1.807, 2.05) is 37.3 Å². The number of carbonyl (C=O) groups is 1. The van der Waals surface area contributed by atoms with Gasteiger partial charge in [-0.1, -0.05) is 18.2 Å². The highest BCUT2D eigenvalue weighted by Gasteiger charge is 2.18. The number of thiocarbonyl (C=S) groups is 1. The molecular formula is C21H21N3O4S. The minimum Gasteiger partial charge on any atom is -0.493 e. The Morgan fingerprint density at radius 3 is 2.31 bits per heavy atom. The Morgan fingerprint density at radius 2 is 1.69 bits per heavy atom. The fraction of sp³-hybridized carbons (Fsp3) is 0.190. The van der Waals surface area contributed by atoms with Gasteiger partial charge < -0.3 is 19.5 Å². The van der Waals surface area contributed by atoms with E-state index in [1.54, 1.807) is 12.1 Å². The van der Waals surface area contributed by atoms with E-state index in [-0.39, 0.29) is 5.11 Å². The molecule has 150 valence electrons. The van der Waals surface area contributed by atoms with E-state index in [9.17, 15) is 4.79 Å². The third-order valence-electron chi connectivity index (χ3n) is 4.26. The lowest BCUT2D eigenvalue weighted by atomic mass is 10.1. The molecule has 1 amide bonds. The zero-order chi connectivity index (χ0) is 21.0. The first-order valence-corrected chi connectivity index (χ1v) is 9.16. The number of hydrogen-bond donors (Lipinski definition) is 2. The highest BCUT2D eigenvalue weighted by Crippen LogP contribution is 2.38. The highest BCUT2D eigenvalue weighted by molar-refractivity contribution is 7.80. The summed E-state index contributed by atoms with van der Waals surface area (Å²) in [5.41, 5.74) is 2.69. The summed E-state index contributed by atoms with van der Waals surface area (Å²) in [6, 6.07) is 12.8. The Labute approximate surface area is 174 Å². The standard InChI is InChI=1S/C21H21N3O4S/c1-12-8-9-13-6-5-7-15(18(13)22-12)23-21(29)24-20(25)14-10-16(26-2)19(28-4)17(11-14)27-3/h5-11H,1-4H3,(H2,23,24,25,29). The normalized spacial score (nSPS) is 10.3. The summed E-state index contributed by atoms with van der Waals surface area (Å²) in [5, 5.41) is 6.83. The smallest absolute Gasteiger partial charge is 0.257 e. The molecular weight excluding hydrogens is 390 g/mol. The molecule has 1 heterocycles. The van der Waals surface area contributed by atoms with Crippen molar-refractivity contribution in [1.29, 1.82) is 0 Å². The second-order valence-corrected chi connectivity index (χ2v) is 6.56. The minimum absolute atomic E-state index is 0.152. The number of nitrogens with zero attached hydrogens (tertiary/aromatic N) is 1. The molecule has 0 radical (unpaired) electrons. The van der Waals surface area contributed by atoms with Crippen molar-refractivity contribution >= 4 is 39.8 Å². The molecule has 0 saturated heterocycles. The van der Waals surface area contributed by atoms with Gasteiger partial charge in [0, 0.05) is 16.6 Å². The number of fused-ring (bicyclic) bond motifs is 1. The average molecular weight is 411 g/mol. The molecule has 1 aromatic heterocycles. The Hall–Kier alpha value is -3.39. The number of carbonyl (C=O) groups excluding carboxylic acids is 1. The van der Waals surface area contributed by atoms with E-state index >= 15 is 0 Å². The molecule has 0 atom stereocenters. The first kappa shape index (κ1) is 20.3. The van der Waals surface area contributed by atoms with Gasteiger partial charge in [-0.15, -0.1) is 0 Å². The summed E-state index contributed by atoms with van der Waals surface area (Å²) in [5.74, 6) is 0.754. The maximum absolute atomic E-state index is 12.7. The van der Waals surface area contributed by atoms with E-state index in [1.165, 1.54) is 21.3 Å². The van der Waals surface area contributed by atoms with Crippen LogP contribution < -0.4 is 24.8 Å². The summed E-state index contributed by atoms with van der Waals surface area (Å²) in [7, 11) is 4.47. The van der Waals surface area contributed by atoms with E-state index in [2.05, 4.69) is 15.6 Å². The van der Waals surface area contributed by atoms with Gasteiger partial charge in [-0.3, -0.25) is 15.1 Å². The van der Waals surface area contributed by atoms with Gasteiger partial charge >= 0.3 is 0 Å². The van der Waals surface area contributed by atoms with Crippen molar-refractivity contribution in [3.05, 3.63) is 53.7 Å². The predicted octanol–water partition coefficient (Wildman–Crippen LogP) is 3.70. The van der Waals surface area contributed by atoms with Crippen LogP contribution in [0.1, 0.15) is 16.1 Å². The van der Waals surface area contributed by atoms with Crippen molar-refractivity contribution in [2.24, 2.45) is 0 Å². The number of benzene rings is 2. The summed E-state index contributed by atoms with van der Waals surface area (Å²) < 4.78 is 15.9. The van der Waals surface area contributed by atoms with Crippen molar-refractivity contribution in [3.63, 3.8) is 0 Å². The van der Waals surface area contributed by atoms with E-state index in [0.717, 1.165) is 16.6 Å². The van der Waals surface area contributed by atoms with Crippen LogP contribution in [0.3, 0.4) is 0 Å². The SMILES string of the molecule is COc1cc(C(=O)NC(=S)Nc2cccc3ccc(C)nc23)cc(OC)c1OC. The third kappa shape index (κ3) is 4.38. The second kappa shape index (κ2) is 8.74. The molecule has 0 aliphatic rings. The molecule has 2 N–H and O–H groups in total. The Morgan fingerprint density at radius 1 is 1.00 bits per heavy atom. The van der Waals surface area contributed by atoms with Crippen molar-refractivity contribution in [2.75, 3.05) is 26.6 Å². The van der Waals surface area contributed by atoms with Gasteiger partial charge in [0.05, 0.1) is 32.5 Å². The van der Waals surface area contributed by atoms with Crippen LogP contribution in [0, 0.1) is 6.92 Å². The Balaban J connectivity index is 1.81. The second-order valence-electron chi connectivity index (χ2n) is 6.15. The largest absolute Gasteiger partial charge is 0.493 e. The first-order valence-electron chi connectivity index (χ1n) is 8.75. The molecule has 0 aliphatic heterocycles. The van der Waals surface area contributed by atoms with Gasteiger partial charge in [0.2, 0.25) is 5.75 Å². The van der Waals surface area contributed by atoms with Gasteiger partial charge in [0.15, 0.2) is 16.6 Å². The van der Waals surface area contributed by atoms with Crippen LogP contribution in [0.4, 0.5) is 5.69 Å². The molecule has 0 bridgehead atoms. The number of rotatable bonds is 5. The number of amides is 1. The van der Waals surface area contributed by atoms with E-state index in [0.29, 0.717) is 28.5 Å². The molecule has 3 rings (SSSR count). The molecule has 0 saturated carbocycles. The zero-order valence-corrected chi connectivity index (χ0v) is 17.3. The summed E-state index contributed by atoms with van der Waals surface area (Å²) in [6.07, 6.45) is 0. The van der Waals surface area contributed by atoms with Crippen molar-refractivity contribution in [1.82, 2.24) is 10.3 Å². The molecule has 7 nitrogen and oxygen atoms in total. The Kier molecular flexibility index (Phi) is 6.13. The summed E-state index contributed by atoms with van der Waals surface area (Å²) in [6.45, 7) is 1.92. The van der Waals surface area contributed by atoms with Gasteiger partial charge in [-0.25, -0.2) is 0 Å². The third-order valence-corrected chi connectivity index (χ3v) is 4.47. The molecule has 3 aromatic rings. The highest BCUT2D eigenvalue weighted by atomic mass is 32.1. The first-order chi connectivity index (χ1) is 14.0. The van der Waals surface area contributed by atoms with Crippen LogP contribution in [-0.4, -0.2) is 37.3 Å².